The van der Waals surface area contributed by atoms with Gasteiger partial charge in [-0.25, -0.2) is 0 Å². The molecule has 148 valence electrons. The van der Waals surface area contributed by atoms with E-state index in [1.54, 1.807) is 35.2 Å². The molecule has 0 radical (unpaired) electrons. The molecule has 5 nitrogen and oxygen atoms in total. The Morgan fingerprint density at radius 3 is 2.66 bits per heavy atom. The van der Waals surface area contributed by atoms with E-state index in [2.05, 4.69) is 0 Å². The zero-order valence-electron chi connectivity index (χ0n) is 15.4. The van der Waals surface area contributed by atoms with Crippen molar-refractivity contribution in [1.29, 1.82) is 0 Å². The summed E-state index contributed by atoms with van der Waals surface area (Å²) in [6, 6.07) is 11.5. The number of ether oxygens (including phenoxy) is 1. The van der Waals surface area contributed by atoms with Crippen LogP contribution in [-0.2, 0) is 4.74 Å². The quantitative estimate of drug-likeness (QED) is 0.598. The van der Waals surface area contributed by atoms with E-state index in [0.717, 1.165) is 18.4 Å². The third-order valence-electron chi connectivity index (χ3n) is 5.52. The summed E-state index contributed by atoms with van der Waals surface area (Å²) >= 11 is 12.3. The summed E-state index contributed by atoms with van der Waals surface area (Å²) in [5.74, 6) is -0.234. The van der Waals surface area contributed by atoms with Gasteiger partial charge in [-0.2, -0.15) is 0 Å². The van der Waals surface area contributed by atoms with E-state index in [0.29, 0.717) is 39.7 Å². The zero-order valence-corrected chi connectivity index (χ0v) is 16.9. The van der Waals surface area contributed by atoms with Gasteiger partial charge in [0.25, 0.3) is 5.91 Å². The van der Waals surface area contributed by atoms with Crippen LogP contribution < -0.4 is 5.43 Å². The van der Waals surface area contributed by atoms with Crippen molar-refractivity contribution >= 4 is 40.1 Å². The van der Waals surface area contributed by atoms with E-state index in [1.165, 1.54) is 0 Å². The summed E-state index contributed by atoms with van der Waals surface area (Å²) in [5, 5.41) is 1.33. The molecule has 0 bridgehead atoms. The highest BCUT2D eigenvalue weighted by molar-refractivity contribution is 6.31. The van der Waals surface area contributed by atoms with Crippen LogP contribution in [0.25, 0.3) is 11.0 Å². The molecule has 1 saturated heterocycles. The second-order valence-corrected chi connectivity index (χ2v) is 8.24. The van der Waals surface area contributed by atoms with Gasteiger partial charge < -0.3 is 14.1 Å². The van der Waals surface area contributed by atoms with Crippen LogP contribution in [0, 0.1) is 0 Å². The van der Waals surface area contributed by atoms with Crippen molar-refractivity contribution < 1.29 is 13.9 Å². The minimum Gasteiger partial charge on any atom is -0.450 e. The summed E-state index contributed by atoms with van der Waals surface area (Å²) in [6.07, 6.45) is 1.77. The fourth-order valence-corrected chi connectivity index (χ4v) is 4.58. The maximum Gasteiger partial charge on any atom is 0.291 e. The van der Waals surface area contributed by atoms with Crippen LogP contribution in [0.15, 0.2) is 51.7 Å². The molecule has 2 atom stereocenters. The Balaban J connectivity index is 1.72. The smallest absolute Gasteiger partial charge is 0.291 e. The van der Waals surface area contributed by atoms with Gasteiger partial charge in [0.15, 0.2) is 5.43 Å². The molecule has 0 N–H and O–H groups in total. The van der Waals surface area contributed by atoms with Crippen LogP contribution >= 0.6 is 23.2 Å². The molecule has 29 heavy (non-hydrogen) atoms. The number of benzene rings is 2. The Kier molecular flexibility index (Phi) is 4.62. The standard InChI is InChI=1S/C22H17Cl2NO4/c23-13-4-1-3-12(9-13)19-18-20(26)16-10-14(24)6-7-17(16)29-21(18)22(27)25(19)11-15-5-2-8-28-15/h1,3-4,6-7,9-10,15,19H,2,5,8,11H2/t15-,19-/m0/s1. The minimum atomic E-state index is -0.583. The van der Waals surface area contributed by atoms with Gasteiger partial charge in [0.1, 0.15) is 5.58 Å². The average molecular weight is 430 g/mol. The Bertz CT molecular complexity index is 1180. The van der Waals surface area contributed by atoms with Gasteiger partial charge in [-0.3, -0.25) is 9.59 Å². The maximum atomic E-state index is 13.4. The Hall–Kier alpha value is -2.34. The molecule has 2 aliphatic rings. The van der Waals surface area contributed by atoms with Gasteiger partial charge in [0.2, 0.25) is 5.76 Å². The SMILES string of the molecule is O=C1c2oc3ccc(Cl)cc3c(=O)c2[C@H](c2cccc(Cl)c2)N1C[C@@H]1CCCO1. The Labute approximate surface area is 176 Å². The summed E-state index contributed by atoms with van der Waals surface area (Å²) in [4.78, 5) is 28.4. The second kappa shape index (κ2) is 7.17. The van der Waals surface area contributed by atoms with Crippen LogP contribution in [0.3, 0.4) is 0 Å². The number of carbonyl (C=O) groups is 1. The first-order valence-electron chi connectivity index (χ1n) is 9.47. The molecule has 3 aromatic rings. The fourth-order valence-electron chi connectivity index (χ4n) is 4.21. The first-order valence-corrected chi connectivity index (χ1v) is 10.2. The molecule has 0 spiro atoms. The molecule has 2 aliphatic heterocycles. The van der Waals surface area contributed by atoms with Crippen molar-refractivity contribution in [3.8, 4) is 0 Å². The lowest BCUT2D eigenvalue weighted by Crippen LogP contribution is -2.36. The zero-order chi connectivity index (χ0) is 20.1. The van der Waals surface area contributed by atoms with Gasteiger partial charge in [-0.05, 0) is 48.7 Å². The van der Waals surface area contributed by atoms with E-state index in [-0.39, 0.29) is 23.2 Å². The molecule has 3 heterocycles. The summed E-state index contributed by atoms with van der Waals surface area (Å²) in [7, 11) is 0. The lowest BCUT2D eigenvalue weighted by atomic mass is 9.98. The van der Waals surface area contributed by atoms with Crippen LogP contribution in [0.1, 0.15) is 40.6 Å². The van der Waals surface area contributed by atoms with Crippen LogP contribution in [-0.4, -0.2) is 30.1 Å². The molecule has 5 rings (SSSR count). The molecule has 7 heteroatoms. The molecular formula is C22H17Cl2NO4. The number of rotatable bonds is 3. The third-order valence-corrected chi connectivity index (χ3v) is 5.99. The summed E-state index contributed by atoms with van der Waals surface area (Å²) < 4.78 is 11.7. The van der Waals surface area contributed by atoms with Gasteiger partial charge in [0.05, 0.1) is 23.1 Å². The van der Waals surface area contributed by atoms with Crippen molar-refractivity contribution in [3.05, 3.63) is 79.6 Å². The van der Waals surface area contributed by atoms with E-state index in [1.807, 2.05) is 12.1 Å². The first kappa shape index (κ1) is 18.7. The van der Waals surface area contributed by atoms with Crippen molar-refractivity contribution in [1.82, 2.24) is 4.90 Å². The van der Waals surface area contributed by atoms with Gasteiger partial charge in [0, 0.05) is 23.2 Å². The van der Waals surface area contributed by atoms with E-state index in [9.17, 15) is 9.59 Å². The van der Waals surface area contributed by atoms with Gasteiger partial charge >= 0.3 is 0 Å². The third kappa shape index (κ3) is 3.14. The Morgan fingerprint density at radius 2 is 1.90 bits per heavy atom. The van der Waals surface area contributed by atoms with E-state index < -0.39 is 6.04 Å². The highest BCUT2D eigenvalue weighted by Crippen LogP contribution is 2.39. The van der Waals surface area contributed by atoms with Crippen LogP contribution in [0.2, 0.25) is 10.0 Å². The molecular weight excluding hydrogens is 413 g/mol. The lowest BCUT2D eigenvalue weighted by Gasteiger charge is -2.27. The maximum absolute atomic E-state index is 13.4. The predicted octanol–water partition coefficient (Wildman–Crippen LogP) is 4.82. The number of fused-ring (bicyclic) bond motifs is 2. The Morgan fingerprint density at radius 1 is 1.07 bits per heavy atom. The largest absolute Gasteiger partial charge is 0.450 e. The van der Waals surface area contributed by atoms with Gasteiger partial charge in [-0.1, -0.05) is 35.3 Å². The number of nitrogens with zero attached hydrogens (tertiary/aromatic N) is 1. The normalized spacial score (nSPS) is 21.2. The summed E-state index contributed by atoms with van der Waals surface area (Å²) in [6.45, 7) is 1.07. The van der Waals surface area contributed by atoms with E-state index >= 15 is 0 Å². The second-order valence-electron chi connectivity index (χ2n) is 7.36. The number of hydrogen-bond acceptors (Lipinski definition) is 4. The van der Waals surface area contributed by atoms with Crippen molar-refractivity contribution in [3.63, 3.8) is 0 Å². The predicted molar refractivity (Wildman–Crippen MR) is 111 cm³/mol. The molecule has 0 saturated carbocycles. The average Bonchev–Trinajstić information content (AvgIpc) is 3.31. The monoisotopic (exact) mass is 429 g/mol. The molecule has 0 aliphatic carbocycles. The molecule has 1 fully saturated rings. The number of carbonyl (C=O) groups excluding carboxylic acids is 1. The van der Waals surface area contributed by atoms with Crippen molar-refractivity contribution in [2.24, 2.45) is 0 Å². The molecule has 0 unspecified atom stereocenters. The molecule has 1 aromatic heterocycles. The highest BCUT2D eigenvalue weighted by Gasteiger charge is 2.43. The lowest BCUT2D eigenvalue weighted by molar-refractivity contribution is 0.0486. The first-order chi connectivity index (χ1) is 14.0. The van der Waals surface area contributed by atoms with Crippen LogP contribution in [0.5, 0.6) is 0 Å². The number of halogens is 2. The fraction of sp³-hybridized carbons (Fsp3) is 0.273. The van der Waals surface area contributed by atoms with Crippen molar-refractivity contribution in [2.45, 2.75) is 25.0 Å². The number of amides is 1. The van der Waals surface area contributed by atoms with Crippen LogP contribution in [0.4, 0.5) is 0 Å². The highest BCUT2D eigenvalue weighted by atomic mass is 35.5. The number of hydrogen-bond donors (Lipinski definition) is 0. The minimum absolute atomic E-state index is 0.0612. The van der Waals surface area contributed by atoms with Gasteiger partial charge in [-0.15, -0.1) is 0 Å². The topological polar surface area (TPSA) is 59.8 Å². The molecule has 1 amide bonds. The van der Waals surface area contributed by atoms with E-state index in [4.69, 9.17) is 32.4 Å². The van der Waals surface area contributed by atoms with Crippen molar-refractivity contribution in [2.75, 3.05) is 13.2 Å². The summed E-state index contributed by atoms with van der Waals surface area (Å²) in [5.41, 5.74) is 1.17. The molecule has 2 aromatic carbocycles.